The van der Waals surface area contributed by atoms with Crippen molar-refractivity contribution < 1.29 is 18.0 Å². The number of halogens is 3. The van der Waals surface area contributed by atoms with Gasteiger partial charge in [-0.1, -0.05) is 0 Å². The van der Waals surface area contributed by atoms with Crippen LogP contribution in [-0.2, 0) is 17.4 Å². The molecule has 3 rings (SSSR count). The fourth-order valence-corrected chi connectivity index (χ4v) is 3.31. The number of hydrogen-bond donors (Lipinski definition) is 2. The van der Waals surface area contributed by atoms with Crippen molar-refractivity contribution in [2.75, 3.05) is 39.3 Å². The van der Waals surface area contributed by atoms with E-state index < -0.39 is 12.0 Å². The molecule has 11 heteroatoms. The Labute approximate surface area is 160 Å². The molecule has 0 aromatic carbocycles. The first-order valence-corrected chi connectivity index (χ1v) is 9.25. The van der Waals surface area contributed by atoms with Crippen LogP contribution in [0.5, 0.6) is 0 Å². The van der Waals surface area contributed by atoms with Gasteiger partial charge in [-0.25, -0.2) is 9.50 Å². The minimum Gasteiger partial charge on any atom is -0.355 e. The standard InChI is InChI=1S/C17H24F3N7O/c1-11-13(3-4-14(28)22-7-10-26-8-5-21-6-9-26)12(2)27-16(23-11)24-15(25-27)17(18,19)20/h21H,3-10H2,1-2H3,(H,22,28). The first-order valence-electron chi connectivity index (χ1n) is 9.25. The number of piperazine rings is 1. The number of hydrogen-bond acceptors (Lipinski definition) is 6. The maximum atomic E-state index is 12.8. The highest BCUT2D eigenvalue weighted by Gasteiger charge is 2.36. The highest BCUT2D eigenvalue weighted by atomic mass is 19.4. The van der Waals surface area contributed by atoms with E-state index in [0.717, 1.165) is 37.2 Å². The topological polar surface area (TPSA) is 87.4 Å². The van der Waals surface area contributed by atoms with E-state index in [9.17, 15) is 18.0 Å². The molecule has 2 N–H and O–H groups in total. The second-order valence-electron chi connectivity index (χ2n) is 6.85. The SMILES string of the molecule is Cc1nc2nc(C(F)(F)F)nn2c(C)c1CCC(=O)NCCN1CCNCC1. The lowest BCUT2D eigenvalue weighted by atomic mass is 10.1. The summed E-state index contributed by atoms with van der Waals surface area (Å²) in [7, 11) is 0. The molecule has 8 nitrogen and oxygen atoms in total. The number of aryl methyl sites for hydroxylation is 2. The maximum absolute atomic E-state index is 12.8. The number of nitrogens with zero attached hydrogens (tertiary/aromatic N) is 5. The fraction of sp³-hybridized carbons (Fsp3) is 0.647. The molecule has 0 spiro atoms. The molecule has 2 aromatic rings. The highest BCUT2D eigenvalue weighted by molar-refractivity contribution is 5.76. The zero-order chi connectivity index (χ0) is 20.3. The first kappa shape index (κ1) is 20.5. The Bertz CT molecular complexity index is 843. The fourth-order valence-electron chi connectivity index (χ4n) is 3.31. The molecule has 0 radical (unpaired) electrons. The van der Waals surface area contributed by atoms with Crippen molar-refractivity contribution in [3.8, 4) is 0 Å². The zero-order valence-corrected chi connectivity index (χ0v) is 15.9. The van der Waals surface area contributed by atoms with Crippen LogP contribution in [0.15, 0.2) is 0 Å². The van der Waals surface area contributed by atoms with Crippen LogP contribution in [-0.4, -0.2) is 69.7 Å². The number of aromatic nitrogens is 4. The summed E-state index contributed by atoms with van der Waals surface area (Å²) >= 11 is 0. The lowest BCUT2D eigenvalue weighted by molar-refractivity contribution is -0.144. The van der Waals surface area contributed by atoms with Crippen LogP contribution in [0, 0.1) is 13.8 Å². The molecule has 0 saturated carbocycles. The van der Waals surface area contributed by atoms with Gasteiger partial charge < -0.3 is 10.6 Å². The summed E-state index contributed by atoms with van der Waals surface area (Å²) in [6, 6.07) is 0. The third kappa shape index (κ3) is 4.76. The average molecular weight is 399 g/mol. The van der Waals surface area contributed by atoms with E-state index in [4.69, 9.17) is 0 Å². The summed E-state index contributed by atoms with van der Waals surface area (Å²) in [4.78, 5) is 22.0. The van der Waals surface area contributed by atoms with E-state index in [1.165, 1.54) is 0 Å². The third-order valence-electron chi connectivity index (χ3n) is 4.86. The normalized spacial score (nSPS) is 15.9. The molecule has 1 fully saturated rings. The van der Waals surface area contributed by atoms with E-state index in [1.807, 2.05) is 0 Å². The first-order chi connectivity index (χ1) is 13.3. The Morgan fingerprint density at radius 2 is 1.93 bits per heavy atom. The maximum Gasteiger partial charge on any atom is 0.453 e. The van der Waals surface area contributed by atoms with Crippen molar-refractivity contribution in [1.82, 2.24) is 35.1 Å². The van der Waals surface area contributed by atoms with Crippen molar-refractivity contribution in [2.24, 2.45) is 0 Å². The van der Waals surface area contributed by atoms with Crippen molar-refractivity contribution in [2.45, 2.75) is 32.9 Å². The summed E-state index contributed by atoms with van der Waals surface area (Å²) in [5, 5.41) is 9.69. The summed E-state index contributed by atoms with van der Waals surface area (Å²) in [5.41, 5.74) is 1.78. The van der Waals surface area contributed by atoms with Crippen molar-refractivity contribution in [1.29, 1.82) is 0 Å². The molecule has 154 valence electrons. The summed E-state index contributed by atoms with van der Waals surface area (Å²) in [6.45, 7) is 8.60. The lowest BCUT2D eigenvalue weighted by Gasteiger charge is -2.27. The number of amides is 1. The van der Waals surface area contributed by atoms with Crippen molar-refractivity contribution >= 4 is 11.7 Å². The molecule has 1 saturated heterocycles. The molecule has 2 aromatic heterocycles. The van der Waals surface area contributed by atoms with Crippen LogP contribution in [0.4, 0.5) is 13.2 Å². The van der Waals surface area contributed by atoms with Crippen LogP contribution in [0.2, 0.25) is 0 Å². The van der Waals surface area contributed by atoms with Gasteiger partial charge in [-0.15, -0.1) is 5.10 Å². The van der Waals surface area contributed by atoms with Crippen LogP contribution < -0.4 is 10.6 Å². The largest absolute Gasteiger partial charge is 0.453 e. The van der Waals surface area contributed by atoms with Gasteiger partial charge in [0.15, 0.2) is 0 Å². The molecule has 1 amide bonds. The lowest BCUT2D eigenvalue weighted by Crippen LogP contribution is -2.46. The molecule has 1 aliphatic rings. The van der Waals surface area contributed by atoms with Gasteiger partial charge in [0, 0.05) is 57.1 Å². The molecule has 1 aliphatic heterocycles. The molecule has 3 heterocycles. The van der Waals surface area contributed by atoms with Gasteiger partial charge in [0.25, 0.3) is 11.6 Å². The van der Waals surface area contributed by atoms with Crippen LogP contribution in [0.25, 0.3) is 5.78 Å². The van der Waals surface area contributed by atoms with Crippen LogP contribution in [0.3, 0.4) is 0 Å². The Morgan fingerprint density at radius 1 is 1.21 bits per heavy atom. The Hall–Kier alpha value is -2.27. The zero-order valence-electron chi connectivity index (χ0n) is 15.9. The van der Waals surface area contributed by atoms with Gasteiger partial charge >= 0.3 is 6.18 Å². The Kier molecular flexibility index (Phi) is 6.14. The molecule has 0 aliphatic carbocycles. The summed E-state index contributed by atoms with van der Waals surface area (Å²) < 4.78 is 39.6. The average Bonchev–Trinajstić information content (AvgIpc) is 3.07. The van der Waals surface area contributed by atoms with Gasteiger partial charge in [-0.05, 0) is 25.8 Å². The second kappa shape index (κ2) is 8.39. The highest BCUT2D eigenvalue weighted by Crippen LogP contribution is 2.27. The minimum absolute atomic E-state index is 0.0912. The number of fused-ring (bicyclic) bond motifs is 1. The quantitative estimate of drug-likeness (QED) is 0.744. The van der Waals surface area contributed by atoms with E-state index in [-0.39, 0.29) is 18.1 Å². The van der Waals surface area contributed by atoms with E-state index in [2.05, 4.69) is 30.6 Å². The van der Waals surface area contributed by atoms with Crippen molar-refractivity contribution in [3.63, 3.8) is 0 Å². The van der Waals surface area contributed by atoms with Gasteiger partial charge in [0.05, 0.1) is 0 Å². The minimum atomic E-state index is -4.63. The Morgan fingerprint density at radius 3 is 2.61 bits per heavy atom. The van der Waals surface area contributed by atoms with Gasteiger partial charge in [0.1, 0.15) is 0 Å². The van der Waals surface area contributed by atoms with E-state index in [1.54, 1.807) is 13.8 Å². The number of nitrogens with one attached hydrogen (secondary N) is 2. The molecule has 0 bridgehead atoms. The molecule has 0 unspecified atom stereocenters. The smallest absolute Gasteiger partial charge is 0.355 e. The molecular formula is C17H24F3N7O. The number of rotatable bonds is 6. The van der Waals surface area contributed by atoms with E-state index in [0.29, 0.717) is 29.9 Å². The van der Waals surface area contributed by atoms with E-state index >= 15 is 0 Å². The molecule has 28 heavy (non-hydrogen) atoms. The third-order valence-corrected chi connectivity index (χ3v) is 4.86. The molecular weight excluding hydrogens is 375 g/mol. The summed E-state index contributed by atoms with van der Waals surface area (Å²) in [6.07, 6.45) is -4.02. The van der Waals surface area contributed by atoms with Crippen LogP contribution in [0.1, 0.15) is 29.2 Å². The van der Waals surface area contributed by atoms with Gasteiger partial charge in [-0.3, -0.25) is 9.69 Å². The van der Waals surface area contributed by atoms with Crippen LogP contribution >= 0.6 is 0 Å². The van der Waals surface area contributed by atoms with Gasteiger partial charge in [0.2, 0.25) is 5.91 Å². The monoisotopic (exact) mass is 399 g/mol. The second-order valence-corrected chi connectivity index (χ2v) is 6.85. The number of carbonyl (C=O) groups excluding carboxylic acids is 1. The predicted octanol–water partition coefficient (Wildman–Crippen LogP) is 0.714. The number of alkyl halides is 3. The van der Waals surface area contributed by atoms with Gasteiger partial charge in [-0.2, -0.15) is 18.2 Å². The predicted molar refractivity (Wildman–Crippen MR) is 95.9 cm³/mol. The number of carbonyl (C=O) groups is 1. The van der Waals surface area contributed by atoms with Crippen molar-refractivity contribution in [3.05, 3.63) is 22.8 Å². The Balaban J connectivity index is 1.59. The molecule has 0 atom stereocenters. The summed E-state index contributed by atoms with van der Waals surface area (Å²) in [5.74, 6) is -1.40.